The highest BCUT2D eigenvalue weighted by Crippen LogP contribution is 2.00. The first kappa shape index (κ1) is 13.4. The maximum absolute atomic E-state index is 11.5. The highest BCUT2D eigenvalue weighted by atomic mass is 16.2. The average Bonchev–Trinajstić information content (AvgIpc) is 2.38. The molecule has 1 rings (SSSR count). The van der Waals surface area contributed by atoms with Gasteiger partial charge in [0.1, 0.15) is 0 Å². The summed E-state index contributed by atoms with van der Waals surface area (Å²) in [5, 5.41) is 3.90. The lowest BCUT2D eigenvalue weighted by atomic mass is 10.2. The molecule has 0 radical (unpaired) electrons. The van der Waals surface area contributed by atoms with Crippen LogP contribution >= 0.6 is 0 Å². The van der Waals surface area contributed by atoms with Crippen LogP contribution in [0.25, 0.3) is 0 Å². The molecule has 0 atom stereocenters. The summed E-state index contributed by atoms with van der Waals surface area (Å²) in [7, 11) is 0. The highest BCUT2D eigenvalue weighted by Gasteiger charge is 2.01. The highest BCUT2D eigenvalue weighted by molar-refractivity contribution is 5.94. The third-order valence-electron chi connectivity index (χ3n) is 2.39. The number of aromatic nitrogens is 1. The van der Waals surface area contributed by atoms with Crippen LogP contribution in [-0.2, 0) is 0 Å². The minimum absolute atomic E-state index is 0.197. The summed E-state index contributed by atoms with van der Waals surface area (Å²) in [4.78, 5) is 15.4. The molecule has 1 aromatic rings. The molecule has 1 heterocycles. The van der Waals surface area contributed by atoms with Gasteiger partial charge in [-0.1, -0.05) is 26.2 Å². The number of hydrazone groups is 1. The van der Waals surface area contributed by atoms with Crippen molar-refractivity contribution in [1.82, 2.24) is 10.4 Å². The second kappa shape index (κ2) is 8.44. The molecule has 17 heavy (non-hydrogen) atoms. The van der Waals surface area contributed by atoms with Gasteiger partial charge in [0, 0.05) is 24.2 Å². The molecule has 0 spiro atoms. The minimum atomic E-state index is -0.197. The van der Waals surface area contributed by atoms with Gasteiger partial charge in [-0.15, -0.1) is 0 Å². The summed E-state index contributed by atoms with van der Waals surface area (Å²) in [5.41, 5.74) is 3.06. The van der Waals surface area contributed by atoms with E-state index in [4.69, 9.17) is 0 Å². The summed E-state index contributed by atoms with van der Waals surface area (Å²) >= 11 is 0. The summed E-state index contributed by atoms with van der Waals surface area (Å²) in [6, 6.07) is 3.32. The number of amides is 1. The van der Waals surface area contributed by atoms with E-state index in [1.54, 1.807) is 30.7 Å². The first-order chi connectivity index (χ1) is 8.34. The quantitative estimate of drug-likeness (QED) is 0.447. The van der Waals surface area contributed by atoms with Crippen LogP contribution in [0.15, 0.2) is 29.6 Å². The van der Waals surface area contributed by atoms with Gasteiger partial charge >= 0.3 is 0 Å². The molecule has 4 heteroatoms. The molecule has 0 bridgehead atoms. The molecule has 4 nitrogen and oxygen atoms in total. The average molecular weight is 233 g/mol. The Morgan fingerprint density at radius 2 is 2.12 bits per heavy atom. The second-order valence-corrected chi connectivity index (χ2v) is 3.84. The monoisotopic (exact) mass is 233 g/mol. The van der Waals surface area contributed by atoms with Gasteiger partial charge < -0.3 is 0 Å². The summed E-state index contributed by atoms with van der Waals surface area (Å²) in [6.07, 6.45) is 10.7. The van der Waals surface area contributed by atoms with Crippen LogP contribution in [-0.4, -0.2) is 17.1 Å². The maximum Gasteiger partial charge on any atom is 0.271 e. The molecular weight excluding hydrogens is 214 g/mol. The molecule has 0 aliphatic rings. The van der Waals surface area contributed by atoms with E-state index in [2.05, 4.69) is 22.4 Å². The van der Waals surface area contributed by atoms with Gasteiger partial charge in [-0.2, -0.15) is 5.10 Å². The van der Waals surface area contributed by atoms with Crippen molar-refractivity contribution in [3.63, 3.8) is 0 Å². The number of carbonyl (C=O) groups is 1. The summed E-state index contributed by atoms with van der Waals surface area (Å²) < 4.78 is 0. The van der Waals surface area contributed by atoms with E-state index in [1.165, 1.54) is 19.3 Å². The van der Waals surface area contributed by atoms with Crippen LogP contribution in [0.2, 0.25) is 0 Å². The molecule has 0 aromatic carbocycles. The number of pyridine rings is 1. The Labute approximate surface area is 102 Å². The maximum atomic E-state index is 11.5. The Morgan fingerprint density at radius 3 is 2.82 bits per heavy atom. The Kier molecular flexibility index (Phi) is 6.63. The van der Waals surface area contributed by atoms with E-state index in [1.807, 2.05) is 0 Å². The van der Waals surface area contributed by atoms with Crippen molar-refractivity contribution >= 4 is 12.1 Å². The van der Waals surface area contributed by atoms with Gasteiger partial charge in [0.25, 0.3) is 5.91 Å². The lowest BCUT2D eigenvalue weighted by molar-refractivity contribution is 0.0955. The zero-order chi connectivity index (χ0) is 12.3. The number of rotatable bonds is 7. The van der Waals surface area contributed by atoms with Crippen LogP contribution in [0.3, 0.4) is 0 Å². The molecule has 0 aliphatic heterocycles. The van der Waals surface area contributed by atoms with Crippen LogP contribution in [0, 0.1) is 0 Å². The predicted octanol–water partition coefficient (Wildman–Crippen LogP) is 2.77. The van der Waals surface area contributed by atoms with Crippen LogP contribution in [0.4, 0.5) is 0 Å². The van der Waals surface area contributed by atoms with Crippen LogP contribution in [0.5, 0.6) is 0 Å². The van der Waals surface area contributed by atoms with E-state index in [-0.39, 0.29) is 5.91 Å². The SMILES string of the molecule is CCCCCC/C=N/NC(=O)c1ccncc1. The summed E-state index contributed by atoms with van der Waals surface area (Å²) in [5.74, 6) is -0.197. The standard InChI is InChI=1S/C13H19N3O/c1-2-3-4-5-6-9-15-16-13(17)12-7-10-14-11-8-12/h7-11H,2-6H2,1H3,(H,16,17)/b15-9+. The van der Waals surface area contributed by atoms with Crippen molar-refractivity contribution < 1.29 is 4.79 Å². The molecule has 0 saturated heterocycles. The molecule has 0 unspecified atom stereocenters. The zero-order valence-corrected chi connectivity index (χ0v) is 10.2. The molecule has 0 saturated carbocycles. The first-order valence-electron chi connectivity index (χ1n) is 6.06. The topological polar surface area (TPSA) is 54.4 Å². The van der Waals surface area contributed by atoms with Crippen molar-refractivity contribution in [3.05, 3.63) is 30.1 Å². The Hall–Kier alpha value is -1.71. The number of carbonyl (C=O) groups excluding carboxylic acids is 1. The van der Waals surface area contributed by atoms with Crippen molar-refractivity contribution in [1.29, 1.82) is 0 Å². The molecule has 1 aromatic heterocycles. The molecule has 92 valence electrons. The fourth-order valence-electron chi connectivity index (χ4n) is 1.40. The van der Waals surface area contributed by atoms with E-state index in [0.717, 1.165) is 12.8 Å². The minimum Gasteiger partial charge on any atom is -0.267 e. The van der Waals surface area contributed by atoms with Gasteiger partial charge in [-0.05, 0) is 25.0 Å². The van der Waals surface area contributed by atoms with Crippen molar-refractivity contribution in [2.45, 2.75) is 39.0 Å². The number of nitrogens with one attached hydrogen (secondary N) is 1. The lowest BCUT2D eigenvalue weighted by Crippen LogP contribution is -2.17. The van der Waals surface area contributed by atoms with Crippen molar-refractivity contribution in [2.24, 2.45) is 5.10 Å². The first-order valence-corrected chi connectivity index (χ1v) is 6.06. The Balaban J connectivity index is 2.18. The number of nitrogens with zero attached hydrogens (tertiary/aromatic N) is 2. The van der Waals surface area contributed by atoms with Gasteiger partial charge in [0.15, 0.2) is 0 Å². The number of hydrogen-bond acceptors (Lipinski definition) is 3. The largest absolute Gasteiger partial charge is 0.271 e. The molecule has 1 amide bonds. The Bertz CT molecular complexity index is 349. The third-order valence-corrected chi connectivity index (χ3v) is 2.39. The van der Waals surface area contributed by atoms with Gasteiger partial charge in [0.2, 0.25) is 0 Å². The van der Waals surface area contributed by atoms with E-state index < -0.39 is 0 Å². The van der Waals surface area contributed by atoms with Crippen molar-refractivity contribution in [3.8, 4) is 0 Å². The number of unbranched alkanes of at least 4 members (excludes halogenated alkanes) is 4. The molecule has 0 aliphatic carbocycles. The zero-order valence-electron chi connectivity index (χ0n) is 10.2. The molecule has 0 fully saturated rings. The van der Waals surface area contributed by atoms with Gasteiger partial charge in [0.05, 0.1) is 0 Å². The van der Waals surface area contributed by atoms with Crippen molar-refractivity contribution in [2.75, 3.05) is 0 Å². The van der Waals surface area contributed by atoms with Crippen LogP contribution < -0.4 is 5.43 Å². The predicted molar refractivity (Wildman–Crippen MR) is 69.0 cm³/mol. The fraction of sp³-hybridized carbons (Fsp3) is 0.462. The third kappa shape index (κ3) is 5.80. The fourth-order valence-corrected chi connectivity index (χ4v) is 1.40. The Morgan fingerprint density at radius 1 is 1.35 bits per heavy atom. The second-order valence-electron chi connectivity index (χ2n) is 3.84. The lowest BCUT2D eigenvalue weighted by Gasteiger charge is -1.98. The number of hydrogen-bond donors (Lipinski definition) is 1. The molecular formula is C13H19N3O. The van der Waals surface area contributed by atoms with Gasteiger partial charge in [-0.25, -0.2) is 5.43 Å². The van der Waals surface area contributed by atoms with E-state index >= 15 is 0 Å². The van der Waals surface area contributed by atoms with E-state index in [9.17, 15) is 4.79 Å². The normalized spacial score (nSPS) is 10.6. The van der Waals surface area contributed by atoms with E-state index in [0.29, 0.717) is 5.56 Å². The molecule has 1 N–H and O–H groups in total. The van der Waals surface area contributed by atoms with Crippen LogP contribution in [0.1, 0.15) is 49.4 Å². The van der Waals surface area contributed by atoms with Gasteiger partial charge in [-0.3, -0.25) is 9.78 Å². The summed E-state index contributed by atoms with van der Waals surface area (Å²) in [6.45, 7) is 2.18. The smallest absolute Gasteiger partial charge is 0.267 e.